The molecule has 0 aromatic carbocycles. The van der Waals surface area contributed by atoms with E-state index >= 15 is 0 Å². The molecule has 2 aromatic heterocycles. The standard InChI is InChI=1S/C12H13N5/c13-11-10-12(15-7-14-11)17(8-16-10)6-5-9-3-1-2-4-9/h1-4,7-9H,5-6H2,(H2,13,14,15). The first kappa shape index (κ1) is 10.0. The maximum Gasteiger partial charge on any atom is 0.165 e. The first-order chi connectivity index (χ1) is 8.34. The summed E-state index contributed by atoms with van der Waals surface area (Å²) in [5, 5.41) is 0. The molecule has 0 amide bonds. The molecule has 1 aliphatic carbocycles. The van der Waals surface area contributed by atoms with Crippen molar-refractivity contribution in [2.75, 3.05) is 5.73 Å². The molecule has 5 heteroatoms. The Morgan fingerprint density at radius 3 is 2.82 bits per heavy atom. The Morgan fingerprint density at radius 2 is 2.00 bits per heavy atom. The number of allylic oxidation sites excluding steroid dienone is 4. The number of nitrogens with two attached hydrogens (primary N) is 1. The summed E-state index contributed by atoms with van der Waals surface area (Å²) in [5.41, 5.74) is 7.23. The van der Waals surface area contributed by atoms with Gasteiger partial charge in [-0.3, -0.25) is 0 Å². The SMILES string of the molecule is Nc1ncnc2c1ncn2CCC1C=CC=C1. The average molecular weight is 227 g/mol. The summed E-state index contributed by atoms with van der Waals surface area (Å²) in [6.07, 6.45) is 12.9. The number of nitrogen functional groups attached to an aromatic ring is 1. The van der Waals surface area contributed by atoms with Gasteiger partial charge >= 0.3 is 0 Å². The van der Waals surface area contributed by atoms with E-state index in [0.717, 1.165) is 18.6 Å². The van der Waals surface area contributed by atoms with Crippen molar-refractivity contribution < 1.29 is 0 Å². The van der Waals surface area contributed by atoms with E-state index in [-0.39, 0.29) is 0 Å². The molecule has 0 unspecified atom stereocenters. The van der Waals surface area contributed by atoms with E-state index in [1.165, 1.54) is 6.33 Å². The maximum atomic E-state index is 5.74. The van der Waals surface area contributed by atoms with Crippen LogP contribution in [0.1, 0.15) is 6.42 Å². The van der Waals surface area contributed by atoms with Crippen LogP contribution in [0.25, 0.3) is 11.2 Å². The molecule has 2 heterocycles. The molecule has 0 spiro atoms. The number of rotatable bonds is 3. The summed E-state index contributed by atoms with van der Waals surface area (Å²) in [4.78, 5) is 12.4. The summed E-state index contributed by atoms with van der Waals surface area (Å²) in [7, 11) is 0. The molecule has 1 aliphatic rings. The van der Waals surface area contributed by atoms with Crippen molar-refractivity contribution >= 4 is 17.0 Å². The predicted octanol–water partition coefficient (Wildman–Crippen LogP) is 1.54. The highest BCUT2D eigenvalue weighted by Crippen LogP contribution is 2.18. The van der Waals surface area contributed by atoms with Gasteiger partial charge in [-0.05, 0) is 12.3 Å². The van der Waals surface area contributed by atoms with Gasteiger partial charge in [-0.2, -0.15) is 0 Å². The van der Waals surface area contributed by atoms with Crippen LogP contribution < -0.4 is 5.73 Å². The van der Waals surface area contributed by atoms with Crippen molar-refractivity contribution in [1.82, 2.24) is 19.5 Å². The van der Waals surface area contributed by atoms with Gasteiger partial charge in [-0.15, -0.1) is 0 Å². The van der Waals surface area contributed by atoms with Crippen LogP contribution in [-0.2, 0) is 6.54 Å². The van der Waals surface area contributed by atoms with E-state index in [1.807, 2.05) is 4.57 Å². The summed E-state index contributed by atoms with van der Waals surface area (Å²) >= 11 is 0. The number of imidazole rings is 1. The first-order valence-electron chi connectivity index (χ1n) is 5.61. The molecule has 2 N–H and O–H groups in total. The maximum absolute atomic E-state index is 5.74. The van der Waals surface area contributed by atoms with Crippen LogP contribution >= 0.6 is 0 Å². The Bertz CT molecular complexity index is 584. The first-order valence-corrected chi connectivity index (χ1v) is 5.61. The van der Waals surface area contributed by atoms with Gasteiger partial charge in [0.2, 0.25) is 0 Å². The van der Waals surface area contributed by atoms with Crippen LogP contribution in [-0.4, -0.2) is 19.5 Å². The van der Waals surface area contributed by atoms with Gasteiger partial charge < -0.3 is 10.3 Å². The van der Waals surface area contributed by atoms with Gasteiger partial charge in [0.15, 0.2) is 11.5 Å². The minimum absolute atomic E-state index is 0.439. The Morgan fingerprint density at radius 1 is 1.18 bits per heavy atom. The largest absolute Gasteiger partial charge is 0.382 e. The van der Waals surface area contributed by atoms with E-state index in [9.17, 15) is 0 Å². The lowest BCUT2D eigenvalue weighted by atomic mass is 10.1. The summed E-state index contributed by atoms with van der Waals surface area (Å²) < 4.78 is 2.02. The minimum atomic E-state index is 0.439. The fourth-order valence-electron chi connectivity index (χ4n) is 2.02. The zero-order chi connectivity index (χ0) is 11.7. The average Bonchev–Trinajstić information content (AvgIpc) is 2.95. The van der Waals surface area contributed by atoms with Gasteiger partial charge in [-0.25, -0.2) is 15.0 Å². The third-order valence-electron chi connectivity index (χ3n) is 2.96. The van der Waals surface area contributed by atoms with Crippen molar-refractivity contribution in [1.29, 1.82) is 0 Å². The lowest BCUT2D eigenvalue weighted by Crippen LogP contribution is -2.02. The molecule has 0 saturated carbocycles. The Kier molecular flexibility index (Phi) is 2.36. The van der Waals surface area contributed by atoms with Gasteiger partial charge in [0.05, 0.1) is 6.33 Å². The Balaban J connectivity index is 1.83. The van der Waals surface area contributed by atoms with Crippen LogP contribution in [0.3, 0.4) is 0 Å². The highest BCUT2D eigenvalue weighted by molar-refractivity contribution is 5.80. The minimum Gasteiger partial charge on any atom is -0.382 e. The van der Waals surface area contributed by atoms with Gasteiger partial charge in [0.1, 0.15) is 11.8 Å². The third-order valence-corrected chi connectivity index (χ3v) is 2.96. The van der Waals surface area contributed by atoms with Crippen LogP contribution in [0.2, 0.25) is 0 Å². The topological polar surface area (TPSA) is 69.6 Å². The number of anilines is 1. The second kappa shape index (κ2) is 4.01. The van der Waals surface area contributed by atoms with E-state index in [2.05, 4.69) is 39.3 Å². The van der Waals surface area contributed by atoms with Crippen LogP contribution in [0.4, 0.5) is 5.82 Å². The van der Waals surface area contributed by atoms with E-state index < -0.39 is 0 Å². The van der Waals surface area contributed by atoms with Crippen molar-refractivity contribution in [3.8, 4) is 0 Å². The molecule has 17 heavy (non-hydrogen) atoms. The molecule has 3 rings (SSSR count). The second-order valence-electron chi connectivity index (χ2n) is 4.09. The monoisotopic (exact) mass is 227 g/mol. The molecule has 0 saturated heterocycles. The molecule has 5 nitrogen and oxygen atoms in total. The predicted molar refractivity (Wildman–Crippen MR) is 66.1 cm³/mol. The summed E-state index contributed by atoms with van der Waals surface area (Å²) in [6.45, 7) is 0.881. The van der Waals surface area contributed by atoms with Crippen molar-refractivity contribution in [2.45, 2.75) is 13.0 Å². The van der Waals surface area contributed by atoms with E-state index in [4.69, 9.17) is 5.73 Å². The number of hydrogen-bond donors (Lipinski definition) is 1. The van der Waals surface area contributed by atoms with Crippen LogP contribution in [0.5, 0.6) is 0 Å². The number of aryl methyl sites for hydroxylation is 1. The highest BCUT2D eigenvalue weighted by atomic mass is 15.1. The number of nitrogens with zero attached hydrogens (tertiary/aromatic N) is 4. The third kappa shape index (κ3) is 1.80. The normalized spacial score (nSPS) is 15.1. The lowest BCUT2D eigenvalue weighted by molar-refractivity contribution is 0.599. The van der Waals surface area contributed by atoms with Gasteiger partial charge in [-0.1, -0.05) is 24.3 Å². The molecule has 0 atom stereocenters. The fourth-order valence-corrected chi connectivity index (χ4v) is 2.02. The highest BCUT2D eigenvalue weighted by Gasteiger charge is 2.09. The molecule has 0 fully saturated rings. The van der Waals surface area contributed by atoms with Gasteiger partial charge in [0, 0.05) is 6.54 Å². The smallest absolute Gasteiger partial charge is 0.165 e. The Hall–Kier alpha value is -2.17. The fraction of sp³-hybridized carbons (Fsp3) is 0.250. The molecule has 0 aliphatic heterocycles. The van der Waals surface area contributed by atoms with E-state index in [1.54, 1.807) is 6.33 Å². The van der Waals surface area contributed by atoms with E-state index in [0.29, 0.717) is 17.3 Å². The van der Waals surface area contributed by atoms with Crippen LogP contribution in [0, 0.1) is 5.92 Å². The number of hydrogen-bond acceptors (Lipinski definition) is 4. The zero-order valence-corrected chi connectivity index (χ0v) is 9.32. The number of fused-ring (bicyclic) bond motifs is 1. The molecular formula is C12H13N5. The molecular weight excluding hydrogens is 214 g/mol. The number of aromatic nitrogens is 4. The van der Waals surface area contributed by atoms with Crippen molar-refractivity contribution in [3.05, 3.63) is 37.0 Å². The van der Waals surface area contributed by atoms with Gasteiger partial charge in [0.25, 0.3) is 0 Å². The second-order valence-corrected chi connectivity index (χ2v) is 4.09. The molecule has 86 valence electrons. The Labute approximate surface area is 98.7 Å². The summed E-state index contributed by atoms with van der Waals surface area (Å²) in [6, 6.07) is 0. The van der Waals surface area contributed by atoms with Crippen LogP contribution in [0.15, 0.2) is 37.0 Å². The van der Waals surface area contributed by atoms with Crippen molar-refractivity contribution in [3.63, 3.8) is 0 Å². The lowest BCUT2D eigenvalue weighted by Gasteiger charge is -2.06. The quantitative estimate of drug-likeness (QED) is 0.863. The molecule has 0 radical (unpaired) electrons. The van der Waals surface area contributed by atoms with Crippen molar-refractivity contribution in [2.24, 2.45) is 5.92 Å². The summed E-state index contributed by atoms with van der Waals surface area (Å²) in [5.74, 6) is 0.959. The molecule has 0 bridgehead atoms. The zero-order valence-electron chi connectivity index (χ0n) is 9.32. The molecule has 2 aromatic rings.